The number of unbranched alkanes of at least 4 members (excludes halogenated alkanes) is 2. The van der Waals surface area contributed by atoms with E-state index in [0.717, 1.165) is 60.6 Å². The van der Waals surface area contributed by atoms with E-state index in [-0.39, 0.29) is 0 Å². The van der Waals surface area contributed by atoms with E-state index < -0.39 is 11.6 Å². The predicted octanol–water partition coefficient (Wildman–Crippen LogP) is 4.96. The molecule has 1 atom stereocenters. The number of fused-ring (bicyclic) bond motifs is 1. The lowest BCUT2D eigenvalue weighted by molar-refractivity contribution is 0.0700. The van der Waals surface area contributed by atoms with Gasteiger partial charge >= 0.3 is 0 Å². The molecule has 0 spiro atoms. The fourth-order valence-electron chi connectivity index (χ4n) is 3.43. The smallest absolute Gasteiger partial charge is 0.126 e. The van der Waals surface area contributed by atoms with E-state index in [1.807, 2.05) is 36.4 Å². The van der Waals surface area contributed by atoms with Crippen LogP contribution >= 0.6 is 0 Å². The van der Waals surface area contributed by atoms with Crippen LogP contribution in [0.25, 0.3) is 10.8 Å². The van der Waals surface area contributed by atoms with Crippen molar-refractivity contribution in [1.29, 1.82) is 0 Å². The van der Waals surface area contributed by atoms with Gasteiger partial charge in [0.1, 0.15) is 5.75 Å². The Kier molecular flexibility index (Phi) is 6.64. The summed E-state index contributed by atoms with van der Waals surface area (Å²) in [5.41, 5.74) is 7.05. The van der Waals surface area contributed by atoms with Crippen LogP contribution in [0.2, 0.25) is 0 Å². The molecule has 0 fully saturated rings. The van der Waals surface area contributed by atoms with Crippen LogP contribution in [-0.4, -0.2) is 17.8 Å². The molecule has 0 radical (unpaired) electrons. The summed E-state index contributed by atoms with van der Waals surface area (Å²) in [6.07, 6.45) is 5.24. The second-order valence-corrected chi connectivity index (χ2v) is 6.75. The van der Waals surface area contributed by atoms with Crippen LogP contribution < -0.4 is 10.5 Å². The van der Waals surface area contributed by atoms with Crippen molar-refractivity contribution >= 4 is 10.8 Å². The third-order valence-corrected chi connectivity index (χ3v) is 4.97. The largest absolute Gasteiger partial charge is 0.496 e. The first-order chi connectivity index (χ1) is 11.6. The zero-order valence-electron chi connectivity index (χ0n) is 15.2. The maximum Gasteiger partial charge on any atom is 0.126 e. The highest BCUT2D eigenvalue weighted by molar-refractivity contribution is 5.91. The monoisotopic (exact) mass is 329 g/mol. The number of hydrogen-bond donors (Lipinski definition) is 2. The minimum Gasteiger partial charge on any atom is -0.496 e. The first kappa shape index (κ1) is 18.8. The SMILES string of the molecule is CCCCC(N)(CCCC)C(O)c1ccc(OC)c2ccccc12. The normalized spacial score (nSPS) is 13.2. The molecule has 3 heteroatoms. The van der Waals surface area contributed by atoms with Gasteiger partial charge in [0.2, 0.25) is 0 Å². The van der Waals surface area contributed by atoms with Crippen LogP contribution in [0.4, 0.5) is 0 Å². The molecule has 0 saturated heterocycles. The molecule has 0 heterocycles. The van der Waals surface area contributed by atoms with Crippen molar-refractivity contribution in [2.45, 2.75) is 64.0 Å². The van der Waals surface area contributed by atoms with Crippen molar-refractivity contribution in [2.24, 2.45) is 5.73 Å². The Balaban J connectivity index is 2.45. The zero-order chi connectivity index (χ0) is 17.6. The van der Waals surface area contributed by atoms with Crippen molar-refractivity contribution in [1.82, 2.24) is 0 Å². The lowest BCUT2D eigenvalue weighted by Gasteiger charge is -2.35. The van der Waals surface area contributed by atoms with Gasteiger partial charge in [0.15, 0.2) is 0 Å². The van der Waals surface area contributed by atoms with Gasteiger partial charge < -0.3 is 15.6 Å². The Morgan fingerprint density at radius 1 is 1.00 bits per heavy atom. The minimum absolute atomic E-state index is 0.580. The highest BCUT2D eigenvalue weighted by Gasteiger charge is 2.34. The summed E-state index contributed by atoms with van der Waals surface area (Å²) in [6.45, 7) is 4.32. The molecule has 24 heavy (non-hydrogen) atoms. The average molecular weight is 329 g/mol. The minimum atomic E-state index is -0.675. The van der Waals surface area contributed by atoms with E-state index in [2.05, 4.69) is 13.8 Å². The maximum absolute atomic E-state index is 11.2. The second-order valence-electron chi connectivity index (χ2n) is 6.75. The molecular formula is C21H31NO2. The van der Waals surface area contributed by atoms with Crippen LogP contribution in [0.5, 0.6) is 5.75 Å². The molecular weight excluding hydrogens is 298 g/mol. The van der Waals surface area contributed by atoms with Crippen LogP contribution in [0, 0.1) is 0 Å². The third kappa shape index (κ3) is 3.90. The molecule has 0 aliphatic heterocycles. The topological polar surface area (TPSA) is 55.5 Å². The van der Waals surface area contributed by atoms with E-state index in [0.29, 0.717) is 0 Å². The van der Waals surface area contributed by atoms with E-state index >= 15 is 0 Å². The Morgan fingerprint density at radius 2 is 1.58 bits per heavy atom. The summed E-state index contributed by atoms with van der Waals surface area (Å²) in [7, 11) is 1.67. The van der Waals surface area contributed by atoms with Gasteiger partial charge in [-0.1, -0.05) is 69.9 Å². The maximum atomic E-state index is 11.2. The molecule has 2 aromatic carbocycles. The molecule has 0 aromatic heterocycles. The van der Waals surface area contributed by atoms with Crippen LogP contribution in [-0.2, 0) is 0 Å². The first-order valence-electron chi connectivity index (χ1n) is 9.10. The van der Waals surface area contributed by atoms with E-state index in [1.54, 1.807) is 7.11 Å². The van der Waals surface area contributed by atoms with Crippen molar-refractivity contribution in [3.63, 3.8) is 0 Å². The zero-order valence-corrected chi connectivity index (χ0v) is 15.2. The molecule has 2 aromatic rings. The van der Waals surface area contributed by atoms with Gasteiger partial charge in [0.05, 0.1) is 13.2 Å². The van der Waals surface area contributed by atoms with Gasteiger partial charge in [0.25, 0.3) is 0 Å². The summed E-state index contributed by atoms with van der Waals surface area (Å²) in [6, 6.07) is 11.9. The fraction of sp³-hybridized carbons (Fsp3) is 0.524. The summed E-state index contributed by atoms with van der Waals surface area (Å²) in [4.78, 5) is 0. The summed E-state index contributed by atoms with van der Waals surface area (Å²) < 4.78 is 5.46. The lowest BCUT2D eigenvalue weighted by atomic mass is 9.79. The van der Waals surface area contributed by atoms with Gasteiger partial charge in [-0.3, -0.25) is 0 Å². The third-order valence-electron chi connectivity index (χ3n) is 4.97. The molecule has 3 N–H and O–H groups in total. The molecule has 0 amide bonds. The van der Waals surface area contributed by atoms with Crippen molar-refractivity contribution in [3.8, 4) is 5.75 Å². The fourth-order valence-corrected chi connectivity index (χ4v) is 3.43. The predicted molar refractivity (Wildman–Crippen MR) is 101 cm³/mol. The molecule has 0 saturated carbocycles. The molecule has 132 valence electrons. The Morgan fingerprint density at radius 3 is 2.12 bits per heavy atom. The molecule has 0 bridgehead atoms. The highest BCUT2D eigenvalue weighted by Crippen LogP contribution is 2.38. The van der Waals surface area contributed by atoms with Gasteiger partial charge in [0, 0.05) is 10.9 Å². The summed E-state index contributed by atoms with van der Waals surface area (Å²) in [5, 5.41) is 13.2. The standard InChI is InChI=1S/C21H31NO2/c1-4-6-14-21(22,15-7-5-2)20(23)18-12-13-19(24-3)17-11-9-8-10-16(17)18/h8-13,20,23H,4-7,14-15,22H2,1-3H3. The number of rotatable bonds is 9. The lowest BCUT2D eigenvalue weighted by Crippen LogP contribution is -2.46. The summed E-state index contributed by atoms with van der Waals surface area (Å²) in [5.74, 6) is 0.825. The van der Waals surface area contributed by atoms with Crippen molar-refractivity contribution < 1.29 is 9.84 Å². The molecule has 0 aliphatic carbocycles. The number of benzene rings is 2. The molecule has 0 aliphatic rings. The van der Waals surface area contributed by atoms with Crippen LogP contribution in [0.1, 0.15) is 64.0 Å². The Hall–Kier alpha value is -1.58. The number of aliphatic hydroxyl groups excluding tert-OH is 1. The van der Waals surface area contributed by atoms with Crippen molar-refractivity contribution in [2.75, 3.05) is 7.11 Å². The number of hydrogen-bond acceptors (Lipinski definition) is 3. The quantitative estimate of drug-likeness (QED) is 0.683. The molecule has 2 rings (SSSR count). The van der Waals surface area contributed by atoms with Gasteiger partial charge in [-0.15, -0.1) is 0 Å². The Labute approximate surface area is 145 Å². The van der Waals surface area contributed by atoms with E-state index in [4.69, 9.17) is 10.5 Å². The molecule has 3 nitrogen and oxygen atoms in total. The highest BCUT2D eigenvalue weighted by atomic mass is 16.5. The van der Waals surface area contributed by atoms with Gasteiger partial charge in [-0.05, 0) is 29.9 Å². The number of methoxy groups -OCH3 is 1. The average Bonchev–Trinajstić information content (AvgIpc) is 2.63. The number of aliphatic hydroxyl groups is 1. The van der Waals surface area contributed by atoms with E-state index in [9.17, 15) is 5.11 Å². The van der Waals surface area contributed by atoms with Gasteiger partial charge in [-0.25, -0.2) is 0 Å². The Bertz CT molecular complexity index is 645. The number of ether oxygens (including phenoxy) is 1. The first-order valence-corrected chi connectivity index (χ1v) is 9.10. The number of nitrogens with two attached hydrogens (primary N) is 1. The molecule has 1 unspecified atom stereocenters. The van der Waals surface area contributed by atoms with E-state index in [1.165, 1.54) is 0 Å². The van der Waals surface area contributed by atoms with Crippen LogP contribution in [0.3, 0.4) is 0 Å². The van der Waals surface area contributed by atoms with Crippen molar-refractivity contribution in [3.05, 3.63) is 42.0 Å². The van der Waals surface area contributed by atoms with Crippen LogP contribution in [0.15, 0.2) is 36.4 Å². The van der Waals surface area contributed by atoms with Gasteiger partial charge in [-0.2, -0.15) is 0 Å². The second kappa shape index (κ2) is 8.50. The summed E-state index contributed by atoms with van der Waals surface area (Å²) >= 11 is 0.